The molecule has 0 unspecified atom stereocenters. The number of nitrogens with zero attached hydrogens (tertiary/aromatic N) is 1. The zero-order chi connectivity index (χ0) is 10.7. The summed E-state index contributed by atoms with van der Waals surface area (Å²) < 4.78 is 13.7. The van der Waals surface area contributed by atoms with Gasteiger partial charge >= 0.3 is 6.09 Å². The van der Waals surface area contributed by atoms with Crippen LogP contribution in [0.3, 0.4) is 0 Å². The summed E-state index contributed by atoms with van der Waals surface area (Å²) >= 11 is 3.03. The maximum atomic E-state index is 13.4. The fourth-order valence-electron chi connectivity index (χ4n) is 0.994. The van der Waals surface area contributed by atoms with Crippen molar-refractivity contribution in [2.24, 2.45) is 0 Å². The summed E-state index contributed by atoms with van der Waals surface area (Å²) in [6, 6.07) is 4.79. The van der Waals surface area contributed by atoms with Crippen LogP contribution in [0.2, 0.25) is 0 Å². The number of benzene rings is 1. The second-order valence-electron chi connectivity index (χ2n) is 2.85. The van der Waals surface area contributed by atoms with E-state index >= 15 is 0 Å². The van der Waals surface area contributed by atoms with Gasteiger partial charge in [-0.2, -0.15) is 0 Å². The van der Waals surface area contributed by atoms with Gasteiger partial charge in [0.05, 0.1) is 11.0 Å². The third kappa shape index (κ3) is 2.45. The van der Waals surface area contributed by atoms with Crippen LogP contribution in [0.4, 0.5) is 9.18 Å². The quantitative estimate of drug-likeness (QED) is 0.890. The van der Waals surface area contributed by atoms with Gasteiger partial charge in [0.25, 0.3) is 0 Å². The predicted octanol–water partition coefficient (Wildman–Crippen LogP) is 2.70. The Morgan fingerprint density at radius 3 is 2.86 bits per heavy atom. The fourth-order valence-corrected chi connectivity index (χ4v) is 1.40. The van der Waals surface area contributed by atoms with Crippen LogP contribution < -0.4 is 0 Å². The van der Waals surface area contributed by atoms with E-state index in [1.165, 1.54) is 7.05 Å². The first-order chi connectivity index (χ1) is 6.52. The Kier molecular flexibility index (Phi) is 3.46. The first-order valence-electron chi connectivity index (χ1n) is 3.89. The number of carboxylic acid groups (broad SMARTS) is 1. The first-order valence-corrected chi connectivity index (χ1v) is 4.68. The van der Waals surface area contributed by atoms with Gasteiger partial charge in [0.1, 0.15) is 5.82 Å². The van der Waals surface area contributed by atoms with Gasteiger partial charge in [-0.3, -0.25) is 0 Å². The van der Waals surface area contributed by atoms with Crippen molar-refractivity contribution in [3.8, 4) is 0 Å². The molecule has 0 saturated carbocycles. The van der Waals surface area contributed by atoms with Gasteiger partial charge in [0, 0.05) is 12.6 Å². The molecule has 3 nitrogen and oxygen atoms in total. The largest absolute Gasteiger partial charge is 0.465 e. The minimum absolute atomic E-state index is 0.0423. The molecule has 0 aliphatic carbocycles. The summed E-state index contributed by atoms with van der Waals surface area (Å²) in [6.45, 7) is 0.0423. The molecule has 0 atom stereocenters. The van der Waals surface area contributed by atoms with Crippen molar-refractivity contribution < 1.29 is 14.3 Å². The van der Waals surface area contributed by atoms with Gasteiger partial charge in [-0.15, -0.1) is 0 Å². The van der Waals surface area contributed by atoms with Crippen molar-refractivity contribution in [2.75, 3.05) is 7.05 Å². The van der Waals surface area contributed by atoms with Crippen LogP contribution in [0.1, 0.15) is 5.56 Å². The highest BCUT2D eigenvalue weighted by molar-refractivity contribution is 9.10. The molecule has 1 N–H and O–H groups in total. The molecule has 0 aromatic heterocycles. The average Bonchev–Trinajstić information content (AvgIpc) is 2.12. The van der Waals surface area contributed by atoms with E-state index in [0.717, 1.165) is 4.90 Å². The fraction of sp³-hybridized carbons (Fsp3) is 0.222. The lowest BCUT2D eigenvalue weighted by Crippen LogP contribution is -2.24. The van der Waals surface area contributed by atoms with Gasteiger partial charge < -0.3 is 10.0 Å². The van der Waals surface area contributed by atoms with Crippen LogP contribution in [0.25, 0.3) is 0 Å². The van der Waals surface area contributed by atoms with Crippen molar-refractivity contribution >= 4 is 22.0 Å². The van der Waals surface area contributed by atoms with E-state index in [1.807, 2.05) is 0 Å². The average molecular weight is 262 g/mol. The molecule has 1 aromatic carbocycles. The third-order valence-electron chi connectivity index (χ3n) is 1.77. The molecule has 0 aliphatic rings. The number of amides is 1. The predicted molar refractivity (Wildman–Crippen MR) is 53.6 cm³/mol. The molecule has 0 bridgehead atoms. The van der Waals surface area contributed by atoms with Crippen molar-refractivity contribution in [2.45, 2.75) is 6.54 Å². The minimum Gasteiger partial charge on any atom is -0.465 e. The van der Waals surface area contributed by atoms with Gasteiger partial charge in [-0.1, -0.05) is 12.1 Å². The Morgan fingerprint density at radius 2 is 2.29 bits per heavy atom. The lowest BCUT2D eigenvalue weighted by Gasteiger charge is -2.13. The van der Waals surface area contributed by atoms with Crippen LogP contribution >= 0.6 is 15.9 Å². The molecule has 0 heterocycles. The SMILES string of the molecule is CN(Cc1cccc(Br)c1F)C(=O)O. The smallest absolute Gasteiger partial charge is 0.407 e. The first kappa shape index (κ1) is 11.0. The summed E-state index contributed by atoms with van der Waals surface area (Å²) in [5, 5.41) is 8.60. The normalized spacial score (nSPS) is 9.93. The highest BCUT2D eigenvalue weighted by atomic mass is 79.9. The zero-order valence-corrected chi connectivity index (χ0v) is 9.08. The van der Waals surface area contributed by atoms with E-state index in [0.29, 0.717) is 10.0 Å². The molecule has 14 heavy (non-hydrogen) atoms. The summed E-state index contributed by atoms with van der Waals surface area (Å²) in [5.41, 5.74) is 0.351. The van der Waals surface area contributed by atoms with Gasteiger partial charge in [-0.25, -0.2) is 9.18 Å². The number of halogens is 2. The molecule has 0 saturated heterocycles. The highest BCUT2D eigenvalue weighted by Crippen LogP contribution is 2.19. The molecule has 0 spiro atoms. The molecule has 1 aromatic rings. The summed E-state index contributed by atoms with van der Waals surface area (Å²) in [5.74, 6) is -0.416. The van der Waals surface area contributed by atoms with E-state index in [9.17, 15) is 9.18 Å². The number of carbonyl (C=O) groups is 1. The van der Waals surface area contributed by atoms with E-state index in [-0.39, 0.29) is 6.54 Å². The van der Waals surface area contributed by atoms with Gasteiger partial charge in [-0.05, 0) is 22.0 Å². The van der Waals surface area contributed by atoms with Crippen LogP contribution in [-0.2, 0) is 6.54 Å². The molecule has 5 heteroatoms. The van der Waals surface area contributed by atoms with Crippen LogP contribution in [0, 0.1) is 5.82 Å². The van der Waals surface area contributed by atoms with Crippen molar-refractivity contribution in [3.63, 3.8) is 0 Å². The topological polar surface area (TPSA) is 40.5 Å². The monoisotopic (exact) mass is 261 g/mol. The second kappa shape index (κ2) is 4.41. The third-order valence-corrected chi connectivity index (χ3v) is 2.38. The van der Waals surface area contributed by atoms with E-state index in [2.05, 4.69) is 15.9 Å². The Balaban J connectivity index is 2.87. The highest BCUT2D eigenvalue weighted by Gasteiger charge is 2.11. The molecule has 0 fully saturated rings. The van der Waals surface area contributed by atoms with Crippen LogP contribution in [0.5, 0.6) is 0 Å². The zero-order valence-electron chi connectivity index (χ0n) is 7.50. The molecule has 1 rings (SSSR count). The maximum absolute atomic E-state index is 13.4. The minimum atomic E-state index is -1.08. The summed E-state index contributed by atoms with van der Waals surface area (Å²) in [7, 11) is 1.39. The number of rotatable bonds is 2. The maximum Gasteiger partial charge on any atom is 0.407 e. The Labute approximate surface area is 89.3 Å². The van der Waals surface area contributed by atoms with Crippen LogP contribution in [0.15, 0.2) is 22.7 Å². The molecule has 0 aliphatic heterocycles. The molecule has 1 amide bonds. The van der Waals surface area contributed by atoms with Gasteiger partial charge in [0.15, 0.2) is 0 Å². The second-order valence-corrected chi connectivity index (χ2v) is 3.71. The summed E-state index contributed by atoms with van der Waals surface area (Å²) in [6.07, 6.45) is -1.08. The number of hydrogen-bond acceptors (Lipinski definition) is 1. The molecular formula is C9H9BrFNO2. The van der Waals surface area contributed by atoms with Crippen molar-refractivity contribution in [1.82, 2.24) is 4.90 Å². The standard InChI is InChI=1S/C9H9BrFNO2/c1-12(9(13)14)5-6-3-2-4-7(10)8(6)11/h2-4H,5H2,1H3,(H,13,14). The van der Waals surface area contributed by atoms with Gasteiger partial charge in [0.2, 0.25) is 0 Å². The Bertz CT molecular complexity index is 357. The number of hydrogen-bond donors (Lipinski definition) is 1. The Morgan fingerprint density at radius 1 is 1.64 bits per heavy atom. The molecule has 0 radical (unpaired) electrons. The van der Waals surface area contributed by atoms with E-state index in [4.69, 9.17) is 5.11 Å². The summed E-state index contributed by atoms with van der Waals surface area (Å²) in [4.78, 5) is 11.5. The van der Waals surface area contributed by atoms with Crippen molar-refractivity contribution in [1.29, 1.82) is 0 Å². The molecule has 76 valence electrons. The van der Waals surface area contributed by atoms with E-state index < -0.39 is 11.9 Å². The molecular weight excluding hydrogens is 253 g/mol. The lowest BCUT2D eigenvalue weighted by molar-refractivity contribution is 0.153. The van der Waals surface area contributed by atoms with Crippen LogP contribution in [-0.4, -0.2) is 23.1 Å². The Hall–Kier alpha value is -1.10. The van der Waals surface area contributed by atoms with E-state index in [1.54, 1.807) is 18.2 Å². The van der Waals surface area contributed by atoms with Crippen molar-refractivity contribution in [3.05, 3.63) is 34.1 Å². The lowest BCUT2D eigenvalue weighted by atomic mass is 10.2.